The van der Waals surface area contributed by atoms with Crippen molar-refractivity contribution in [2.75, 3.05) is 44.7 Å². The quantitative estimate of drug-likeness (QED) is 0.787. The van der Waals surface area contributed by atoms with Gasteiger partial charge in [-0.1, -0.05) is 0 Å². The van der Waals surface area contributed by atoms with Gasteiger partial charge >= 0.3 is 6.09 Å². The molecule has 0 aliphatic carbocycles. The molecule has 4 rings (SSSR count). The Morgan fingerprint density at radius 3 is 2.44 bits per heavy atom. The summed E-state index contributed by atoms with van der Waals surface area (Å²) in [6.07, 6.45) is 6.32. The Bertz CT molecular complexity index is 739. The zero-order valence-corrected chi connectivity index (χ0v) is 16.1. The van der Waals surface area contributed by atoms with Gasteiger partial charge in [0.2, 0.25) is 5.95 Å². The van der Waals surface area contributed by atoms with E-state index in [0.29, 0.717) is 38.0 Å². The smallest absolute Gasteiger partial charge is 0.410 e. The van der Waals surface area contributed by atoms with Gasteiger partial charge < -0.3 is 19.4 Å². The highest BCUT2D eigenvalue weighted by molar-refractivity contribution is 5.95. The first-order valence-electron chi connectivity index (χ1n) is 9.79. The monoisotopic (exact) mass is 373 g/mol. The predicted octanol–water partition coefficient (Wildman–Crippen LogP) is 1.83. The van der Waals surface area contributed by atoms with Crippen molar-refractivity contribution in [2.45, 2.75) is 44.6 Å². The normalized spacial score (nSPS) is 22.3. The van der Waals surface area contributed by atoms with E-state index in [4.69, 9.17) is 4.74 Å². The average molecular weight is 373 g/mol. The van der Waals surface area contributed by atoms with Crippen LogP contribution in [0.2, 0.25) is 0 Å². The van der Waals surface area contributed by atoms with Gasteiger partial charge in [-0.15, -0.1) is 0 Å². The number of carbonyl (C=O) groups excluding carboxylic acids is 2. The molecule has 0 atom stereocenters. The highest BCUT2D eigenvalue weighted by Gasteiger charge is 2.46. The Balaban J connectivity index is 1.42. The zero-order valence-electron chi connectivity index (χ0n) is 16.1. The van der Waals surface area contributed by atoms with Gasteiger partial charge in [-0.05, 0) is 26.2 Å². The summed E-state index contributed by atoms with van der Waals surface area (Å²) in [5.74, 6) is 0.687. The van der Waals surface area contributed by atoms with Crippen LogP contribution in [0.5, 0.6) is 0 Å². The van der Waals surface area contributed by atoms with Crippen molar-refractivity contribution in [1.29, 1.82) is 0 Å². The van der Waals surface area contributed by atoms with E-state index in [0.717, 1.165) is 24.7 Å². The Morgan fingerprint density at radius 2 is 1.85 bits per heavy atom. The van der Waals surface area contributed by atoms with E-state index in [2.05, 4.69) is 14.9 Å². The number of carbonyl (C=O) groups is 2. The topological polar surface area (TPSA) is 78.9 Å². The van der Waals surface area contributed by atoms with E-state index in [1.54, 1.807) is 18.1 Å². The summed E-state index contributed by atoms with van der Waals surface area (Å²) >= 11 is 0. The van der Waals surface area contributed by atoms with Crippen molar-refractivity contribution >= 4 is 17.9 Å². The standard InChI is InChI=1S/C19H27N5O3/c1-14-15(12-20-17(21-14)24-8-4-3-5-9-24)16(25)23-10-6-19(7-11-23)13-22(2)18(26)27-19/h12H,3-11,13H2,1-2H3. The van der Waals surface area contributed by atoms with E-state index in [1.807, 2.05) is 11.8 Å². The molecule has 8 heteroatoms. The van der Waals surface area contributed by atoms with Gasteiger partial charge in [0.1, 0.15) is 5.60 Å². The van der Waals surface area contributed by atoms with Crippen molar-refractivity contribution in [3.05, 3.63) is 17.5 Å². The van der Waals surface area contributed by atoms with Gasteiger partial charge in [0.25, 0.3) is 5.91 Å². The molecule has 146 valence electrons. The number of likely N-dealkylation sites (N-methyl/N-ethyl adjacent to an activating group) is 1. The molecule has 0 bridgehead atoms. The number of anilines is 1. The second kappa shape index (κ2) is 6.98. The molecule has 3 aliphatic rings. The molecule has 1 spiro atoms. The maximum absolute atomic E-state index is 13.0. The second-order valence-corrected chi connectivity index (χ2v) is 7.92. The Morgan fingerprint density at radius 1 is 1.15 bits per heavy atom. The minimum absolute atomic E-state index is 0.0368. The summed E-state index contributed by atoms with van der Waals surface area (Å²) in [6.45, 7) is 5.59. The van der Waals surface area contributed by atoms with Crippen LogP contribution in [0.3, 0.4) is 0 Å². The fourth-order valence-corrected chi connectivity index (χ4v) is 4.25. The minimum atomic E-state index is -0.438. The Kier molecular flexibility index (Phi) is 4.65. The molecule has 1 aromatic heterocycles. The number of hydrogen-bond acceptors (Lipinski definition) is 6. The summed E-state index contributed by atoms with van der Waals surface area (Å²) in [5, 5.41) is 0. The SMILES string of the molecule is Cc1nc(N2CCCCC2)ncc1C(=O)N1CCC2(CC1)CN(C)C(=O)O2. The van der Waals surface area contributed by atoms with Crippen molar-refractivity contribution in [3.63, 3.8) is 0 Å². The third-order valence-electron chi connectivity index (χ3n) is 5.94. The molecule has 2 amide bonds. The maximum Gasteiger partial charge on any atom is 0.410 e. The summed E-state index contributed by atoms with van der Waals surface area (Å²) in [4.78, 5) is 39.3. The zero-order chi connectivity index (χ0) is 19.0. The lowest BCUT2D eigenvalue weighted by Gasteiger charge is -2.37. The fourth-order valence-electron chi connectivity index (χ4n) is 4.25. The molecule has 1 aromatic rings. The number of likely N-dealkylation sites (tertiary alicyclic amines) is 1. The summed E-state index contributed by atoms with van der Waals surface area (Å²) in [7, 11) is 1.75. The fraction of sp³-hybridized carbons (Fsp3) is 0.684. The Labute approximate surface area is 159 Å². The molecule has 3 fully saturated rings. The molecular weight excluding hydrogens is 346 g/mol. The number of aromatic nitrogens is 2. The van der Waals surface area contributed by atoms with E-state index in [1.165, 1.54) is 19.3 Å². The molecule has 8 nitrogen and oxygen atoms in total. The van der Waals surface area contributed by atoms with Gasteiger partial charge in [-0.3, -0.25) is 4.79 Å². The average Bonchev–Trinajstić information content (AvgIpc) is 2.95. The van der Waals surface area contributed by atoms with Gasteiger partial charge in [0.05, 0.1) is 17.8 Å². The molecule has 0 saturated carbocycles. The van der Waals surface area contributed by atoms with Crippen LogP contribution in [0.1, 0.15) is 48.2 Å². The molecule has 4 heterocycles. The van der Waals surface area contributed by atoms with Gasteiger partial charge in [0, 0.05) is 52.3 Å². The van der Waals surface area contributed by atoms with Crippen LogP contribution < -0.4 is 4.90 Å². The highest BCUT2D eigenvalue weighted by atomic mass is 16.6. The van der Waals surface area contributed by atoms with E-state index >= 15 is 0 Å². The van der Waals surface area contributed by atoms with Crippen molar-refractivity contribution in [1.82, 2.24) is 19.8 Å². The largest absolute Gasteiger partial charge is 0.441 e. The summed E-state index contributed by atoms with van der Waals surface area (Å²) < 4.78 is 5.56. The predicted molar refractivity (Wildman–Crippen MR) is 99.8 cm³/mol. The number of nitrogens with zero attached hydrogens (tertiary/aromatic N) is 5. The first-order chi connectivity index (χ1) is 13.0. The summed E-state index contributed by atoms with van der Waals surface area (Å²) in [5.41, 5.74) is 0.849. The van der Waals surface area contributed by atoms with E-state index < -0.39 is 5.60 Å². The van der Waals surface area contributed by atoms with Crippen LogP contribution in [-0.4, -0.2) is 77.1 Å². The van der Waals surface area contributed by atoms with Gasteiger partial charge in [-0.2, -0.15) is 0 Å². The lowest BCUT2D eigenvalue weighted by Crippen LogP contribution is -2.48. The van der Waals surface area contributed by atoms with Crippen LogP contribution in [0.4, 0.5) is 10.7 Å². The van der Waals surface area contributed by atoms with Gasteiger partial charge in [-0.25, -0.2) is 14.8 Å². The van der Waals surface area contributed by atoms with E-state index in [-0.39, 0.29) is 12.0 Å². The molecule has 3 aliphatic heterocycles. The number of aryl methyl sites for hydroxylation is 1. The number of hydrogen-bond donors (Lipinski definition) is 0. The number of rotatable bonds is 2. The van der Waals surface area contributed by atoms with Gasteiger partial charge in [0.15, 0.2) is 0 Å². The molecule has 0 aromatic carbocycles. The molecule has 0 radical (unpaired) electrons. The van der Waals surface area contributed by atoms with Crippen LogP contribution in [0.25, 0.3) is 0 Å². The number of ether oxygens (including phenoxy) is 1. The first kappa shape index (κ1) is 18.0. The van der Waals surface area contributed by atoms with Crippen molar-refractivity contribution in [3.8, 4) is 0 Å². The number of amides is 2. The lowest BCUT2D eigenvalue weighted by molar-refractivity contribution is 0.00314. The van der Waals surface area contributed by atoms with Crippen molar-refractivity contribution in [2.24, 2.45) is 0 Å². The molecular formula is C19H27N5O3. The summed E-state index contributed by atoms with van der Waals surface area (Å²) in [6, 6.07) is 0. The van der Waals surface area contributed by atoms with Crippen LogP contribution >= 0.6 is 0 Å². The third kappa shape index (κ3) is 3.44. The third-order valence-corrected chi connectivity index (χ3v) is 5.94. The van der Waals surface area contributed by atoms with E-state index in [9.17, 15) is 9.59 Å². The molecule has 3 saturated heterocycles. The molecule has 0 unspecified atom stereocenters. The second-order valence-electron chi connectivity index (χ2n) is 7.92. The highest BCUT2D eigenvalue weighted by Crippen LogP contribution is 2.33. The first-order valence-corrected chi connectivity index (χ1v) is 9.79. The maximum atomic E-state index is 13.0. The number of piperidine rings is 2. The molecule has 0 N–H and O–H groups in total. The lowest BCUT2D eigenvalue weighted by atomic mass is 9.91. The van der Waals surface area contributed by atoms with Crippen LogP contribution in [0, 0.1) is 6.92 Å². The van der Waals surface area contributed by atoms with Crippen molar-refractivity contribution < 1.29 is 14.3 Å². The Hall–Kier alpha value is -2.38. The molecule has 27 heavy (non-hydrogen) atoms. The van der Waals surface area contributed by atoms with Crippen LogP contribution in [0.15, 0.2) is 6.20 Å². The minimum Gasteiger partial charge on any atom is -0.441 e. The van der Waals surface area contributed by atoms with Crippen LogP contribution in [-0.2, 0) is 4.74 Å².